The lowest BCUT2D eigenvalue weighted by molar-refractivity contribution is -0.120. The van der Waals surface area contributed by atoms with Gasteiger partial charge in [-0.15, -0.1) is 0 Å². The number of hydrogen-bond acceptors (Lipinski definition) is 4. The molecule has 10 heteroatoms. The van der Waals surface area contributed by atoms with Gasteiger partial charge in [-0.25, -0.2) is 4.72 Å². The summed E-state index contributed by atoms with van der Waals surface area (Å²) in [6, 6.07) is 0. The predicted octanol–water partition coefficient (Wildman–Crippen LogP) is 3.14. The molecule has 0 heterocycles. The summed E-state index contributed by atoms with van der Waals surface area (Å²) >= 11 is 0. The second-order valence-electron chi connectivity index (χ2n) is 5.66. The SMILES string of the molecule is CCCCC(CCC(=O)NS(=O)(=O)C(F)(F)F)[Si](C)(C)OC. The van der Waals surface area contributed by atoms with Crippen LogP contribution in [0.4, 0.5) is 13.2 Å². The summed E-state index contributed by atoms with van der Waals surface area (Å²) in [6.45, 7) is 5.95. The van der Waals surface area contributed by atoms with E-state index >= 15 is 0 Å². The van der Waals surface area contributed by atoms with Crippen LogP contribution in [0.1, 0.15) is 39.0 Å². The van der Waals surface area contributed by atoms with Crippen molar-refractivity contribution in [3.05, 3.63) is 0 Å². The first-order valence-corrected chi connectivity index (χ1v) is 11.5. The van der Waals surface area contributed by atoms with Gasteiger partial charge < -0.3 is 4.43 Å². The average molecular weight is 363 g/mol. The highest BCUT2D eigenvalue weighted by molar-refractivity contribution is 7.90. The third-order valence-corrected chi connectivity index (χ3v) is 8.39. The quantitative estimate of drug-likeness (QED) is 0.639. The number of rotatable bonds is 9. The second kappa shape index (κ2) is 8.30. The van der Waals surface area contributed by atoms with E-state index in [1.807, 2.05) is 20.0 Å². The molecule has 132 valence electrons. The summed E-state index contributed by atoms with van der Waals surface area (Å²) in [4.78, 5) is 11.5. The second-order valence-corrected chi connectivity index (χ2v) is 11.8. The van der Waals surface area contributed by atoms with Crippen LogP contribution in [-0.2, 0) is 19.2 Å². The van der Waals surface area contributed by atoms with Gasteiger partial charge in [0, 0.05) is 13.5 Å². The largest absolute Gasteiger partial charge is 0.516 e. The van der Waals surface area contributed by atoms with E-state index in [-0.39, 0.29) is 12.0 Å². The molecule has 1 unspecified atom stereocenters. The van der Waals surface area contributed by atoms with Crippen molar-refractivity contribution in [3.63, 3.8) is 0 Å². The Morgan fingerprint density at radius 3 is 2.23 bits per heavy atom. The fraction of sp³-hybridized carbons (Fsp3) is 0.917. The topological polar surface area (TPSA) is 72.5 Å². The molecule has 0 fully saturated rings. The molecular weight excluding hydrogens is 339 g/mol. The Morgan fingerprint density at radius 2 is 1.82 bits per heavy atom. The summed E-state index contributed by atoms with van der Waals surface area (Å²) in [6.07, 6.45) is 2.73. The van der Waals surface area contributed by atoms with Gasteiger partial charge in [0.05, 0.1) is 0 Å². The maximum Gasteiger partial charge on any atom is 0.516 e. The van der Waals surface area contributed by atoms with Crippen molar-refractivity contribution >= 4 is 24.2 Å². The minimum Gasteiger partial charge on any atom is -0.420 e. The number of sulfonamides is 1. The van der Waals surface area contributed by atoms with Crippen LogP contribution >= 0.6 is 0 Å². The normalized spacial score (nSPS) is 14.7. The molecule has 0 spiro atoms. The lowest BCUT2D eigenvalue weighted by atomic mass is 10.1. The third-order valence-electron chi connectivity index (χ3n) is 3.69. The smallest absolute Gasteiger partial charge is 0.420 e. The zero-order valence-electron chi connectivity index (χ0n) is 13.3. The first kappa shape index (κ1) is 21.4. The third kappa shape index (κ3) is 6.65. The Bertz CT molecular complexity index is 465. The number of nitrogens with one attached hydrogen (secondary N) is 1. The molecule has 0 aliphatic rings. The highest BCUT2D eigenvalue weighted by atomic mass is 32.2. The van der Waals surface area contributed by atoms with E-state index in [2.05, 4.69) is 0 Å². The van der Waals surface area contributed by atoms with E-state index in [1.165, 1.54) is 0 Å². The van der Waals surface area contributed by atoms with Crippen molar-refractivity contribution in [2.45, 2.75) is 63.2 Å². The molecule has 22 heavy (non-hydrogen) atoms. The Morgan fingerprint density at radius 1 is 1.27 bits per heavy atom. The Balaban J connectivity index is 4.70. The number of carbonyl (C=O) groups is 1. The van der Waals surface area contributed by atoms with Crippen LogP contribution in [0.2, 0.25) is 18.6 Å². The minimum atomic E-state index is -5.62. The number of alkyl halides is 3. The summed E-state index contributed by atoms with van der Waals surface area (Å²) in [5.74, 6) is -1.14. The Labute approximate surface area is 130 Å². The highest BCUT2D eigenvalue weighted by Crippen LogP contribution is 2.32. The monoisotopic (exact) mass is 363 g/mol. The van der Waals surface area contributed by atoms with E-state index in [0.29, 0.717) is 6.42 Å². The van der Waals surface area contributed by atoms with E-state index in [4.69, 9.17) is 4.43 Å². The standard InChI is InChI=1S/C12H24F3NO4SSi/c1-5-6-7-10(22(3,4)20-2)8-9-11(17)16-21(18,19)12(13,14)15/h10H,5-9H2,1-4H3,(H,16,17). The van der Waals surface area contributed by atoms with Crippen molar-refractivity contribution < 1.29 is 30.8 Å². The highest BCUT2D eigenvalue weighted by Gasteiger charge is 2.47. The number of hydrogen-bond donors (Lipinski definition) is 1. The van der Waals surface area contributed by atoms with Crippen molar-refractivity contribution in [2.24, 2.45) is 0 Å². The van der Waals surface area contributed by atoms with E-state index in [1.54, 1.807) is 7.11 Å². The lowest BCUT2D eigenvalue weighted by Gasteiger charge is -2.30. The molecule has 0 saturated heterocycles. The molecule has 0 saturated carbocycles. The summed E-state index contributed by atoms with van der Waals surface area (Å²) < 4.78 is 64.8. The summed E-state index contributed by atoms with van der Waals surface area (Å²) in [5, 5.41) is 0. The van der Waals surface area contributed by atoms with Gasteiger partial charge in [-0.2, -0.15) is 21.6 Å². The molecule has 0 aromatic rings. The maximum absolute atomic E-state index is 12.2. The van der Waals surface area contributed by atoms with Crippen LogP contribution in [0.3, 0.4) is 0 Å². The van der Waals surface area contributed by atoms with Crippen LogP contribution in [0.15, 0.2) is 0 Å². The molecule has 1 N–H and O–H groups in total. The first-order chi connectivity index (χ1) is 9.87. The van der Waals surface area contributed by atoms with Crippen LogP contribution in [0.25, 0.3) is 0 Å². The van der Waals surface area contributed by atoms with Gasteiger partial charge in [-0.1, -0.05) is 26.2 Å². The van der Waals surface area contributed by atoms with E-state index in [0.717, 1.165) is 24.0 Å². The average Bonchev–Trinajstić information content (AvgIpc) is 2.36. The van der Waals surface area contributed by atoms with E-state index in [9.17, 15) is 26.4 Å². The molecule has 0 aromatic carbocycles. The number of amides is 1. The Kier molecular flexibility index (Phi) is 8.07. The molecule has 0 rings (SSSR count). The van der Waals surface area contributed by atoms with Gasteiger partial charge in [-0.3, -0.25) is 4.79 Å². The molecule has 5 nitrogen and oxygen atoms in total. The molecule has 0 bridgehead atoms. The minimum absolute atomic E-state index is 0.0804. The lowest BCUT2D eigenvalue weighted by Crippen LogP contribution is -2.41. The number of carbonyl (C=O) groups excluding carboxylic acids is 1. The van der Waals surface area contributed by atoms with E-state index < -0.39 is 29.8 Å². The molecule has 1 atom stereocenters. The van der Waals surface area contributed by atoms with Crippen LogP contribution in [-0.4, -0.2) is 35.3 Å². The molecule has 0 aliphatic heterocycles. The fourth-order valence-corrected chi connectivity index (χ4v) is 4.61. The zero-order chi connectivity index (χ0) is 17.6. The molecular formula is C12H24F3NO4SSi. The van der Waals surface area contributed by atoms with Crippen molar-refractivity contribution in [1.82, 2.24) is 4.72 Å². The fourth-order valence-electron chi connectivity index (χ4n) is 2.02. The number of halogens is 3. The van der Waals surface area contributed by atoms with Gasteiger partial charge in [0.25, 0.3) is 0 Å². The van der Waals surface area contributed by atoms with Crippen LogP contribution < -0.4 is 4.72 Å². The van der Waals surface area contributed by atoms with Gasteiger partial charge in [0.2, 0.25) is 5.91 Å². The maximum atomic E-state index is 12.2. The summed E-state index contributed by atoms with van der Waals surface area (Å²) in [7, 11) is -6.10. The van der Waals surface area contributed by atoms with Gasteiger partial charge >= 0.3 is 15.5 Å². The van der Waals surface area contributed by atoms with Crippen LogP contribution in [0, 0.1) is 0 Å². The molecule has 0 radical (unpaired) electrons. The molecule has 0 aliphatic carbocycles. The van der Waals surface area contributed by atoms with Gasteiger partial charge in [0.15, 0.2) is 8.32 Å². The first-order valence-electron chi connectivity index (χ1n) is 7.04. The van der Waals surface area contributed by atoms with Gasteiger partial charge in [-0.05, 0) is 25.1 Å². The van der Waals surface area contributed by atoms with Gasteiger partial charge in [0.1, 0.15) is 0 Å². The van der Waals surface area contributed by atoms with Crippen molar-refractivity contribution in [2.75, 3.05) is 7.11 Å². The Hall–Kier alpha value is -0.613. The van der Waals surface area contributed by atoms with Crippen molar-refractivity contribution in [1.29, 1.82) is 0 Å². The van der Waals surface area contributed by atoms with Crippen LogP contribution in [0.5, 0.6) is 0 Å². The molecule has 0 aromatic heterocycles. The zero-order valence-corrected chi connectivity index (χ0v) is 15.1. The number of unbranched alkanes of at least 4 members (excludes halogenated alkanes) is 1. The molecule has 1 amide bonds. The predicted molar refractivity (Wildman–Crippen MR) is 80.1 cm³/mol. The summed E-state index contributed by atoms with van der Waals surface area (Å²) in [5.41, 5.74) is -5.40. The van der Waals surface area contributed by atoms with Crippen molar-refractivity contribution in [3.8, 4) is 0 Å².